The number of carbonyl (C=O) groups excluding carboxylic acids is 1. The van der Waals surface area contributed by atoms with E-state index >= 15 is 0 Å². The molecule has 0 radical (unpaired) electrons. The molecule has 1 saturated carbocycles. The summed E-state index contributed by atoms with van der Waals surface area (Å²) >= 11 is 0. The lowest BCUT2D eigenvalue weighted by atomic mass is 9.77. The SMILES string of the molecule is NC(=O)C(N)CC1CC(F)(F)C1. The third kappa shape index (κ3) is 2.14. The van der Waals surface area contributed by atoms with Gasteiger partial charge in [0.15, 0.2) is 0 Å². The molecule has 0 heterocycles. The van der Waals surface area contributed by atoms with E-state index in [9.17, 15) is 13.6 Å². The number of carbonyl (C=O) groups is 1. The number of alkyl halides is 2. The van der Waals surface area contributed by atoms with Crippen LogP contribution in [0.2, 0.25) is 0 Å². The number of hydrogen-bond acceptors (Lipinski definition) is 2. The Morgan fingerprint density at radius 2 is 2.08 bits per heavy atom. The molecular weight excluding hydrogens is 166 g/mol. The Morgan fingerprint density at radius 1 is 1.58 bits per heavy atom. The lowest BCUT2D eigenvalue weighted by Crippen LogP contribution is -2.43. The normalized spacial score (nSPS) is 24.6. The van der Waals surface area contributed by atoms with Crippen LogP contribution < -0.4 is 11.5 Å². The zero-order chi connectivity index (χ0) is 9.35. The van der Waals surface area contributed by atoms with Crippen molar-refractivity contribution in [1.82, 2.24) is 0 Å². The van der Waals surface area contributed by atoms with Crippen LogP contribution in [-0.2, 0) is 4.79 Å². The van der Waals surface area contributed by atoms with Gasteiger partial charge in [-0.15, -0.1) is 0 Å². The van der Waals surface area contributed by atoms with Gasteiger partial charge in [-0.25, -0.2) is 8.78 Å². The summed E-state index contributed by atoms with van der Waals surface area (Å²) in [5, 5.41) is 0. The second-order valence-corrected chi connectivity index (χ2v) is 3.37. The van der Waals surface area contributed by atoms with Gasteiger partial charge >= 0.3 is 0 Å². The van der Waals surface area contributed by atoms with Gasteiger partial charge < -0.3 is 11.5 Å². The standard InChI is InChI=1S/C7H12F2N2O/c8-7(9)2-4(3-7)1-5(10)6(11)12/h4-5H,1-3,10H2,(H2,11,12). The third-order valence-corrected chi connectivity index (χ3v) is 2.13. The van der Waals surface area contributed by atoms with Crippen molar-refractivity contribution in [3.63, 3.8) is 0 Å². The first kappa shape index (κ1) is 9.38. The van der Waals surface area contributed by atoms with Crippen LogP contribution >= 0.6 is 0 Å². The lowest BCUT2D eigenvalue weighted by Gasteiger charge is -2.35. The average Bonchev–Trinajstić information content (AvgIpc) is 1.83. The van der Waals surface area contributed by atoms with Crippen LogP contribution in [0.15, 0.2) is 0 Å². The van der Waals surface area contributed by atoms with Gasteiger partial charge in [0.2, 0.25) is 11.8 Å². The molecule has 1 fully saturated rings. The Hall–Kier alpha value is -0.710. The van der Waals surface area contributed by atoms with Crippen LogP contribution in [0.4, 0.5) is 8.78 Å². The first-order valence-corrected chi connectivity index (χ1v) is 3.83. The molecule has 1 aliphatic carbocycles. The fourth-order valence-electron chi connectivity index (χ4n) is 1.43. The lowest BCUT2D eigenvalue weighted by molar-refractivity contribution is -0.126. The molecule has 5 heteroatoms. The van der Waals surface area contributed by atoms with Crippen LogP contribution in [-0.4, -0.2) is 17.9 Å². The summed E-state index contributed by atoms with van der Waals surface area (Å²) in [7, 11) is 0. The highest BCUT2D eigenvalue weighted by atomic mass is 19.3. The molecule has 4 N–H and O–H groups in total. The molecule has 3 nitrogen and oxygen atoms in total. The molecule has 0 aromatic heterocycles. The quantitative estimate of drug-likeness (QED) is 0.649. The Kier molecular flexibility index (Phi) is 2.32. The molecule has 0 bridgehead atoms. The molecule has 0 aliphatic heterocycles. The average molecular weight is 178 g/mol. The van der Waals surface area contributed by atoms with Crippen molar-refractivity contribution in [2.24, 2.45) is 17.4 Å². The van der Waals surface area contributed by atoms with E-state index in [0.29, 0.717) is 0 Å². The molecule has 0 saturated heterocycles. The predicted octanol–water partition coefficient (Wildman–Crippen LogP) is 0.234. The number of rotatable bonds is 3. The minimum Gasteiger partial charge on any atom is -0.368 e. The van der Waals surface area contributed by atoms with Crippen LogP contribution in [0.25, 0.3) is 0 Å². The zero-order valence-electron chi connectivity index (χ0n) is 6.59. The van der Waals surface area contributed by atoms with Crippen molar-refractivity contribution >= 4 is 5.91 Å². The van der Waals surface area contributed by atoms with Gasteiger partial charge in [-0.05, 0) is 12.3 Å². The maximum absolute atomic E-state index is 12.3. The molecular formula is C7H12F2N2O. The van der Waals surface area contributed by atoms with Crippen molar-refractivity contribution in [2.45, 2.75) is 31.2 Å². The van der Waals surface area contributed by atoms with Gasteiger partial charge in [-0.1, -0.05) is 0 Å². The highest BCUT2D eigenvalue weighted by molar-refractivity contribution is 5.79. The second kappa shape index (κ2) is 2.97. The van der Waals surface area contributed by atoms with E-state index in [0.717, 1.165) is 0 Å². The van der Waals surface area contributed by atoms with E-state index in [4.69, 9.17) is 11.5 Å². The van der Waals surface area contributed by atoms with Gasteiger partial charge in [0.1, 0.15) is 0 Å². The molecule has 0 aromatic carbocycles. The van der Waals surface area contributed by atoms with Crippen LogP contribution in [0.5, 0.6) is 0 Å². The van der Waals surface area contributed by atoms with Crippen LogP contribution in [0.1, 0.15) is 19.3 Å². The topological polar surface area (TPSA) is 69.1 Å². The number of amides is 1. The van der Waals surface area contributed by atoms with Crippen molar-refractivity contribution in [3.05, 3.63) is 0 Å². The molecule has 70 valence electrons. The maximum atomic E-state index is 12.3. The summed E-state index contributed by atoms with van der Waals surface area (Å²) in [5.41, 5.74) is 10.2. The molecule has 0 spiro atoms. The van der Waals surface area contributed by atoms with Crippen LogP contribution in [0.3, 0.4) is 0 Å². The predicted molar refractivity (Wildman–Crippen MR) is 39.5 cm³/mol. The van der Waals surface area contributed by atoms with Crippen LogP contribution in [0, 0.1) is 5.92 Å². The Morgan fingerprint density at radius 3 is 2.42 bits per heavy atom. The molecule has 1 rings (SSSR count). The summed E-state index contributed by atoms with van der Waals surface area (Å²) < 4.78 is 24.6. The van der Waals surface area contributed by atoms with Crippen molar-refractivity contribution < 1.29 is 13.6 Å². The van der Waals surface area contributed by atoms with Gasteiger partial charge in [-0.2, -0.15) is 0 Å². The number of primary amides is 1. The molecule has 0 aromatic rings. The fourth-order valence-corrected chi connectivity index (χ4v) is 1.43. The number of nitrogens with two attached hydrogens (primary N) is 2. The minimum absolute atomic E-state index is 0.137. The van der Waals surface area contributed by atoms with E-state index in [-0.39, 0.29) is 25.2 Å². The van der Waals surface area contributed by atoms with E-state index in [1.165, 1.54) is 0 Å². The largest absolute Gasteiger partial charge is 0.368 e. The number of halogens is 2. The summed E-state index contributed by atoms with van der Waals surface area (Å²) in [4.78, 5) is 10.4. The first-order chi connectivity index (χ1) is 5.41. The van der Waals surface area contributed by atoms with E-state index in [1.54, 1.807) is 0 Å². The van der Waals surface area contributed by atoms with E-state index in [2.05, 4.69) is 0 Å². The maximum Gasteiger partial charge on any atom is 0.248 e. The van der Waals surface area contributed by atoms with Gasteiger partial charge in [0, 0.05) is 12.8 Å². The minimum atomic E-state index is -2.54. The first-order valence-electron chi connectivity index (χ1n) is 3.83. The Balaban J connectivity index is 2.23. The van der Waals surface area contributed by atoms with Gasteiger partial charge in [-0.3, -0.25) is 4.79 Å². The summed E-state index contributed by atoms with van der Waals surface area (Å²) in [6, 6.07) is -0.772. The van der Waals surface area contributed by atoms with E-state index < -0.39 is 17.9 Å². The van der Waals surface area contributed by atoms with Crippen molar-refractivity contribution in [1.29, 1.82) is 0 Å². The summed E-state index contributed by atoms with van der Waals surface area (Å²) in [6.07, 6.45) is -0.0348. The monoisotopic (exact) mass is 178 g/mol. The van der Waals surface area contributed by atoms with Crippen molar-refractivity contribution in [3.8, 4) is 0 Å². The third-order valence-electron chi connectivity index (χ3n) is 2.13. The zero-order valence-corrected chi connectivity index (χ0v) is 6.59. The molecule has 12 heavy (non-hydrogen) atoms. The fraction of sp³-hybridized carbons (Fsp3) is 0.857. The smallest absolute Gasteiger partial charge is 0.248 e. The van der Waals surface area contributed by atoms with Gasteiger partial charge in [0.05, 0.1) is 6.04 Å². The molecule has 1 unspecified atom stereocenters. The second-order valence-electron chi connectivity index (χ2n) is 3.37. The van der Waals surface area contributed by atoms with Gasteiger partial charge in [0.25, 0.3) is 0 Å². The van der Waals surface area contributed by atoms with E-state index in [1.807, 2.05) is 0 Å². The molecule has 1 amide bonds. The molecule has 1 aliphatic rings. The molecule has 1 atom stereocenters. The van der Waals surface area contributed by atoms with Crippen molar-refractivity contribution in [2.75, 3.05) is 0 Å². The highest BCUT2D eigenvalue weighted by Crippen LogP contribution is 2.44. The Labute approximate surface area is 69.1 Å². The summed E-state index contributed by atoms with van der Waals surface area (Å²) in [5.74, 6) is -3.30. The summed E-state index contributed by atoms with van der Waals surface area (Å²) in [6.45, 7) is 0. The highest BCUT2D eigenvalue weighted by Gasteiger charge is 2.45. The number of hydrogen-bond donors (Lipinski definition) is 2. The Bertz CT molecular complexity index is 188.